The highest BCUT2D eigenvalue weighted by atomic mass is 16.3. The topological polar surface area (TPSA) is 61.9 Å². The summed E-state index contributed by atoms with van der Waals surface area (Å²) >= 11 is 0. The molecule has 96 valence electrons. The van der Waals surface area contributed by atoms with Gasteiger partial charge in [-0.1, -0.05) is 0 Å². The van der Waals surface area contributed by atoms with Crippen LogP contribution in [0.25, 0.3) is 0 Å². The number of nitrogens with one attached hydrogen (secondary N) is 1. The number of aryl methyl sites for hydroxylation is 2. The number of rotatable bonds is 3. The van der Waals surface area contributed by atoms with E-state index in [-0.39, 0.29) is 6.04 Å². The van der Waals surface area contributed by atoms with Crippen LogP contribution in [0, 0.1) is 11.3 Å². The van der Waals surface area contributed by atoms with E-state index in [0.29, 0.717) is 11.4 Å². The van der Waals surface area contributed by atoms with Crippen molar-refractivity contribution in [2.75, 3.05) is 5.32 Å². The zero-order valence-corrected chi connectivity index (χ0v) is 10.8. The van der Waals surface area contributed by atoms with Gasteiger partial charge >= 0.3 is 0 Å². The Balaban J connectivity index is 1.90. The molecular formula is C15H15N3O. The highest BCUT2D eigenvalue weighted by Gasteiger charge is 2.18. The first-order valence-electron chi connectivity index (χ1n) is 6.51. The molecule has 4 heteroatoms. The van der Waals surface area contributed by atoms with Crippen molar-refractivity contribution in [3.05, 3.63) is 47.0 Å². The number of anilines is 1. The molecule has 0 spiro atoms. The van der Waals surface area contributed by atoms with Crippen LogP contribution in [0.2, 0.25) is 0 Å². The minimum atomic E-state index is -0.00551. The lowest BCUT2D eigenvalue weighted by molar-refractivity contribution is 0.490. The molecule has 1 N–H and O–H groups in total. The maximum atomic E-state index is 9.24. The molecule has 3 rings (SSSR count). The average molecular weight is 253 g/mol. The van der Waals surface area contributed by atoms with Crippen LogP contribution >= 0.6 is 0 Å². The monoisotopic (exact) mass is 253 g/mol. The van der Waals surface area contributed by atoms with Gasteiger partial charge in [-0.3, -0.25) is 0 Å². The Morgan fingerprint density at radius 1 is 1.47 bits per heavy atom. The second kappa shape index (κ2) is 4.77. The van der Waals surface area contributed by atoms with E-state index >= 15 is 0 Å². The molecule has 1 aliphatic rings. The second-order valence-electron chi connectivity index (χ2n) is 4.84. The third-order valence-electron chi connectivity index (χ3n) is 3.49. The summed E-state index contributed by atoms with van der Waals surface area (Å²) in [6, 6.07) is 7.95. The number of hydrogen-bond acceptors (Lipinski definition) is 4. The fourth-order valence-electron chi connectivity index (χ4n) is 2.48. The Bertz CT molecular complexity index is 626. The third kappa shape index (κ3) is 2.19. The number of aromatic nitrogens is 1. The Hall–Kier alpha value is -2.28. The number of nitrogens with zero attached hydrogens (tertiary/aromatic N) is 2. The first-order valence-corrected chi connectivity index (χ1v) is 6.51. The van der Waals surface area contributed by atoms with Crippen LogP contribution in [0.15, 0.2) is 28.9 Å². The highest BCUT2D eigenvalue weighted by Crippen LogP contribution is 2.27. The van der Waals surface area contributed by atoms with E-state index in [2.05, 4.69) is 16.4 Å². The van der Waals surface area contributed by atoms with Crippen LogP contribution < -0.4 is 5.32 Å². The van der Waals surface area contributed by atoms with Crippen molar-refractivity contribution in [2.45, 2.75) is 32.2 Å². The van der Waals surface area contributed by atoms with Gasteiger partial charge in [0.25, 0.3) is 0 Å². The summed E-state index contributed by atoms with van der Waals surface area (Å²) in [5.41, 5.74) is 2.94. The maximum Gasteiger partial charge on any atom is 0.144 e. The molecule has 2 aromatic rings. The van der Waals surface area contributed by atoms with Gasteiger partial charge in [0.15, 0.2) is 0 Å². The minimum absolute atomic E-state index is 0.00551. The standard InChI is InChI=1S/C15H15N3O/c1-10(14-6-3-7-19-14)17-15-12(9-16)8-11-4-2-5-13(11)18-15/h3,6-8,10H,2,4-5H2,1H3,(H,17,18). The summed E-state index contributed by atoms with van der Waals surface area (Å²) in [5, 5.41) is 12.5. The van der Waals surface area contributed by atoms with E-state index in [4.69, 9.17) is 4.42 Å². The van der Waals surface area contributed by atoms with Crippen LogP contribution in [0.3, 0.4) is 0 Å². The van der Waals surface area contributed by atoms with Crippen molar-refractivity contribution >= 4 is 5.82 Å². The molecule has 0 saturated heterocycles. The van der Waals surface area contributed by atoms with E-state index in [9.17, 15) is 5.26 Å². The summed E-state index contributed by atoms with van der Waals surface area (Å²) in [4.78, 5) is 4.60. The van der Waals surface area contributed by atoms with Gasteiger partial charge in [-0.05, 0) is 49.9 Å². The fraction of sp³-hybridized carbons (Fsp3) is 0.333. The molecule has 0 fully saturated rings. The first kappa shape index (κ1) is 11.8. The molecule has 19 heavy (non-hydrogen) atoms. The molecule has 1 unspecified atom stereocenters. The molecule has 0 amide bonds. The SMILES string of the molecule is CC(Nc1nc2c(cc1C#N)CCC2)c1ccco1. The molecule has 2 heterocycles. The van der Waals surface area contributed by atoms with Gasteiger partial charge in [-0.25, -0.2) is 4.98 Å². The van der Waals surface area contributed by atoms with Crippen molar-refractivity contribution in [3.8, 4) is 6.07 Å². The van der Waals surface area contributed by atoms with Crippen molar-refractivity contribution in [2.24, 2.45) is 0 Å². The van der Waals surface area contributed by atoms with Gasteiger partial charge in [-0.2, -0.15) is 5.26 Å². The average Bonchev–Trinajstić information content (AvgIpc) is 3.08. The molecule has 1 aliphatic carbocycles. The summed E-state index contributed by atoms with van der Waals surface area (Å²) in [6.07, 6.45) is 4.81. The second-order valence-corrected chi connectivity index (χ2v) is 4.84. The lowest BCUT2D eigenvalue weighted by atomic mass is 10.1. The van der Waals surface area contributed by atoms with E-state index in [1.165, 1.54) is 5.56 Å². The van der Waals surface area contributed by atoms with Gasteiger partial charge in [-0.15, -0.1) is 0 Å². The lowest BCUT2D eigenvalue weighted by Crippen LogP contribution is -2.10. The van der Waals surface area contributed by atoms with Gasteiger partial charge in [0, 0.05) is 5.69 Å². The number of hydrogen-bond donors (Lipinski definition) is 1. The van der Waals surface area contributed by atoms with Gasteiger partial charge in [0.2, 0.25) is 0 Å². The summed E-state index contributed by atoms with van der Waals surface area (Å²) in [6.45, 7) is 1.99. The zero-order valence-electron chi connectivity index (χ0n) is 10.8. The van der Waals surface area contributed by atoms with Crippen molar-refractivity contribution in [1.29, 1.82) is 5.26 Å². The summed E-state index contributed by atoms with van der Waals surface area (Å²) in [5.74, 6) is 1.50. The lowest BCUT2D eigenvalue weighted by Gasteiger charge is -2.14. The van der Waals surface area contributed by atoms with Crippen molar-refractivity contribution in [3.63, 3.8) is 0 Å². The number of pyridine rings is 1. The zero-order chi connectivity index (χ0) is 13.2. The molecule has 0 aromatic carbocycles. The molecule has 4 nitrogen and oxygen atoms in total. The van der Waals surface area contributed by atoms with Gasteiger partial charge in [0.05, 0.1) is 17.9 Å². The maximum absolute atomic E-state index is 9.24. The Labute approximate surface area is 112 Å². The molecule has 0 saturated carbocycles. The minimum Gasteiger partial charge on any atom is -0.467 e. The highest BCUT2D eigenvalue weighted by molar-refractivity contribution is 5.55. The molecule has 2 aromatic heterocycles. The van der Waals surface area contributed by atoms with Crippen LogP contribution in [0.5, 0.6) is 0 Å². The summed E-state index contributed by atoms with van der Waals surface area (Å²) < 4.78 is 5.36. The Kier molecular flexibility index (Phi) is 2.96. The molecule has 0 radical (unpaired) electrons. The quantitative estimate of drug-likeness (QED) is 0.912. The van der Waals surface area contributed by atoms with E-state index in [0.717, 1.165) is 30.7 Å². The Morgan fingerprint density at radius 2 is 2.37 bits per heavy atom. The predicted molar refractivity (Wildman–Crippen MR) is 71.7 cm³/mol. The molecule has 1 atom stereocenters. The van der Waals surface area contributed by atoms with Crippen molar-refractivity contribution < 1.29 is 4.42 Å². The van der Waals surface area contributed by atoms with Gasteiger partial charge < -0.3 is 9.73 Å². The normalized spacial score (nSPS) is 14.7. The fourth-order valence-corrected chi connectivity index (χ4v) is 2.48. The van der Waals surface area contributed by atoms with Crippen LogP contribution in [-0.2, 0) is 12.8 Å². The Morgan fingerprint density at radius 3 is 3.11 bits per heavy atom. The van der Waals surface area contributed by atoms with Gasteiger partial charge in [0.1, 0.15) is 17.6 Å². The predicted octanol–water partition coefficient (Wildman–Crippen LogP) is 3.21. The third-order valence-corrected chi connectivity index (χ3v) is 3.49. The molecule has 0 bridgehead atoms. The first-order chi connectivity index (χ1) is 9.28. The summed E-state index contributed by atoms with van der Waals surface area (Å²) in [7, 11) is 0. The van der Waals surface area contributed by atoms with Crippen LogP contribution in [-0.4, -0.2) is 4.98 Å². The van der Waals surface area contributed by atoms with E-state index in [1.54, 1.807) is 6.26 Å². The largest absolute Gasteiger partial charge is 0.467 e. The number of fused-ring (bicyclic) bond motifs is 1. The van der Waals surface area contributed by atoms with E-state index < -0.39 is 0 Å². The smallest absolute Gasteiger partial charge is 0.144 e. The van der Waals surface area contributed by atoms with Crippen molar-refractivity contribution in [1.82, 2.24) is 4.98 Å². The van der Waals surface area contributed by atoms with Crippen LogP contribution in [0.4, 0.5) is 5.82 Å². The number of nitriles is 1. The number of furan rings is 1. The molecule has 0 aliphatic heterocycles. The molecular weight excluding hydrogens is 238 g/mol. The van der Waals surface area contributed by atoms with Crippen LogP contribution in [0.1, 0.15) is 42.0 Å². The van der Waals surface area contributed by atoms with E-state index in [1.807, 2.05) is 25.1 Å².